The SMILES string of the molecule is O=S(=O)(c1cccs1)N1CCn2cccc2C1c1cccnc1. The number of hydrogen-bond acceptors (Lipinski definition) is 4. The van der Waals surface area contributed by atoms with Gasteiger partial charge in [-0.15, -0.1) is 11.3 Å². The van der Waals surface area contributed by atoms with Crippen LogP contribution in [0.1, 0.15) is 17.3 Å². The molecule has 5 nitrogen and oxygen atoms in total. The Hall–Kier alpha value is -1.96. The molecule has 0 saturated carbocycles. The summed E-state index contributed by atoms with van der Waals surface area (Å²) in [7, 11) is -3.53. The van der Waals surface area contributed by atoms with Crippen LogP contribution in [0.2, 0.25) is 0 Å². The van der Waals surface area contributed by atoms with Gasteiger partial charge in [-0.3, -0.25) is 4.98 Å². The molecular weight excluding hydrogens is 330 g/mol. The Balaban J connectivity index is 1.86. The van der Waals surface area contributed by atoms with Gasteiger partial charge in [0.25, 0.3) is 10.0 Å². The molecule has 1 unspecified atom stereocenters. The number of sulfonamides is 1. The first kappa shape index (κ1) is 14.6. The van der Waals surface area contributed by atoms with E-state index in [2.05, 4.69) is 9.55 Å². The fourth-order valence-corrected chi connectivity index (χ4v) is 5.72. The number of thiophene rings is 1. The molecule has 1 aliphatic rings. The van der Waals surface area contributed by atoms with E-state index in [1.165, 1.54) is 11.3 Å². The summed E-state index contributed by atoms with van der Waals surface area (Å²) < 4.78 is 30.2. The number of aromatic nitrogens is 2. The van der Waals surface area contributed by atoms with Crippen molar-refractivity contribution in [3.63, 3.8) is 0 Å². The maximum atomic E-state index is 13.1. The van der Waals surface area contributed by atoms with Crippen molar-refractivity contribution in [2.24, 2.45) is 0 Å². The van der Waals surface area contributed by atoms with Crippen LogP contribution < -0.4 is 0 Å². The molecule has 0 N–H and O–H groups in total. The highest BCUT2D eigenvalue weighted by Crippen LogP contribution is 2.36. The van der Waals surface area contributed by atoms with Gasteiger partial charge in [-0.05, 0) is 35.2 Å². The third-order valence-corrected chi connectivity index (χ3v) is 7.29. The van der Waals surface area contributed by atoms with E-state index >= 15 is 0 Å². The first-order valence-electron chi connectivity index (χ1n) is 7.28. The first-order valence-corrected chi connectivity index (χ1v) is 9.60. The average Bonchev–Trinajstić information content (AvgIpc) is 3.26. The van der Waals surface area contributed by atoms with Crippen molar-refractivity contribution in [2.45, 2.75) is 16.8 Å². The van der Waals surface area contributed by atoms with Crippen molar-refractivity contribution in [3.8, 4) is 0 Å². The molecule has 0 fully saturated rings. The first-order chi connectivity index (χ1) is 11.2. The Labute approximate surface area is 138 Å². The highest BCUT2D eigenvalue weighted by atomic mass is 32.2. The summed E-state index contributed by atoms with van der Waals surface area (Å²) in [6.07, 6.45) is 5.43. The van der Waals surface area contributed by atoms with Crippen LogP contribution in [0, 0.1) is 0 Å². The maximum absolute atomic E-state index is 13.1. The lowest BCUT2D eigenvalue weighted by Crippen LogP contribution is -2.42. The smallest absolute Gasteiger partial charge is 0.253 e. The third kappa shape index (κ3) is 2.41. The van der Waals surface area contributed by atoms with E-state index in [0.29, 0.717) is 17.3 Å². The van der Waals surface area contributed by atoms with E-state index in [0.717, 1.165) is 11.3 Å². The molecule has 0 radical (unpaired) electrons. The molecule has 23 heavy (non-hydrogen) atoms. The average molecular weight is 345 g/mol. The molecular formula is C16H15N3O2S2. The van der Waals surface area contributed by atoms with Crippen molar-refractivity contribution in [1.29, 1.82) is 0 Å². The minimum absolute atomic E-state index is 0.348. The van der Waals surface area contributed by atoms with Crippen LogP contribution in [0.15, 0.2) is 64.6 Å². The van der Waals surface area contributed by atoms with Gasteiger partial charge in [0, 0.05) is 37.4 Å². The van der Waals surface area contributed by atoms with Crippen molar-refractivity contribution < 1.29 is 8.42 Å². The molecule has 0 saturated heterocycles. The standard InChI is InChI=1S/C16H15N3O2S2/c20-23(21,15-6-3-11-22-15)19-10-9-18-8-2-5-14(18)16(19)13-4-1-7-17-12-13/h1-8,11-12,16H,9-10H2. The quantitative estimate of drug-likeness (QED) is 0.733. The minimum Gasteiger partial charge on any atom is -0.348 e. The second kappa shape index (κ2) is 5.59. The van der Waals surface area contributed by atoms with Crippen LogP contribution in [0.5, 0.6) is 0 Å². The summed E-state index contributed by atoms with van der Waals surface area (Å²) in [4.78, 5) is 4.17. The number of fused-ring (bicyclic) bond motifs is 1. The molecule has 3 aromatic heterocycles. The largest absolute Gasteiger partial charge is 0.348 e. The second-order valence-corrected chi connectivity index (χ2v) is 8.43. The molecule has 0 aromatic carbocycles. The van der Waals surface area contributed by atoms with Gasteiger partial charge in [0.1, 0.15) is 4.21 Å². The summed E-state index contributed by atoms with van der Waals surface area (Å²) in [6, 6.07) is 10.8. The van der Waals surface area contributed by atoms with E-state index in [1.807, 2.05) is 30.5 Å². The Morgan fingerprint density at radius 1 is 1.13 bits per heavy atom. The Morgan fingerprint density at radius 3 is 2.78 bits per heavy atom. The van der Waals surface area contributed by atoms with Gasteiger partial charge < -0.3 is 4.57 Å². The second-order valence-electron chi connectivity index (χ2n) is 5.36. The summed E-state index contributed by atoms with van der Waals surface area (Å²) in [5, 5.41) is 1.79. The van der Waals surface area contributed by atoms with Gasteiger partial charge in [0.2, 0.25) is 0 Å². The van der Waals surface area contributed by atoms with Crippen LogP contribution in [0.25, 0.3) is 0 Å². The van der Waals surface area contributed by atoms with E-state index in [9.17, 15) is 8.42 Å². The van der Waals surface area contributed by atoms with Crippen molar-refractivity contribution in [3.05, 3.63) is 71.6 Å². The molecule has 4 rings (SSSR count). The highest BCUT2D eigenvalue weighted by molar-refractivity contribution is 7.91. The molecule has 0 spiro atoms. The predicted molar refractivity (Wildman–Crippen MR) is 88.7 cm³/mol. The zero-order valence-corrected chi connectivity index (χ0v) is 13.9. The van der Waals surface area contributed by atoms with Crippen molar-refractivity contribution >= 4 is 21.4 Å². The van der Waals surface area contributed by atoms with Gasteiger partial charge in [-0.1, -0.05) is 12.1 Å². The molecule has 0 bridgehead atoms. The topological polar surface area (TPSA) is 55.2 Å². The predicted octanol–water partition coefficient (Wildman–Crippen LogP) is 2.74. The van der Waals surface area contributed by atoms with Crippen LogP contribution in [-0.4, -0.2) is 28.8 Å². The molecule has 118 valence electrons. The number of hydrogen-bond donors (Lipinski definition) is 0. The van der Waals surface area contributed by atoms with Gasteiger partial charge in [0.15, 0.2) is 0 Å². The van der Waals surface area contributed by atoms with Crippen molar-refractivity contribution in [1.82, 2.24) is 13.9 Å². The fraction of sp³-hybridized carbons (Fsp3) is 0.188. The van der Waals surface area contributed by atoms with Crippen LogP contribution in [-0.2, 0) is 16.6 Å². The van der Waals surface area contributed by atoms with Gasteiger partial charge in [-0.2, -0.15) is 4.31 Å². The molecule has 0 amide bonds. The Morgan fingerprint density at radius 2 is 2.04 bits per heavy atom. The normalized spacial score (nSPS) is 18.7. The van der Waals surface area contributed by atoms with Crippen LogP contribution >= 0.6 is 11.3 Å². The molecule has 4 heterocycles. The summed E-state index contributed by atoms with van der Waals surface area (Å²) in [6.45, 7) is 1.10. The molecule has 3 aromatic rings. The minimum atomic E-state index is -3.53. The third-order valence-electron chi connectivity index (χ3n) is 4.05. The number of pyridine rings is 1. The van der Waals surface area contributed by atoms with Gasteiger partial charge in [0.05, 0.1) is 6.04 Å². The summed E-state index contributed by atoms with van der Waals surface area (Å²) in [5.41, 5.74) is 1.86. The molecule has 1 atom stereocenters. The zero-order valence-electron chi connectivity index (χ0n) is 12.2. The summed E-state index contributed by atoms with van der Waals surface area (Å²) >= 11 is 1.25. The van der Waals surface area contributed by atoms with E-state index in [1.54, 1.807) is 34.2 Å². The van der Waals surface area contributed by atoms with Gasteiger partial charge >= 0.3 is 0 Å². The Bertz CT molecular complexity index is 902. The van der Waals surface area contributed by atoms with Gasteiger partial charge in [-0.25, -0.2) is 8.42 Å². The monoisotopic (exact) mass is 345 g/mol. The van der Waals surface area contributed by atoms with Crippen molar-refractivity contribution in [2.75, 3.05) is 6.54 Å². The Kier molecular flexibility index (Phi) is 3.56. The maximum Gasteiger partial charge on any atom is 0.253 e. The van der Waals surface area contributed by atoms with E-state index in [-0.39, 0.29) is 6.04 Å². The molecule has 0 aliphatic carbocycles. The number of nitrogens with zero attached hydrogens (tertiary/aromatic N) is 3. The molecule has 1 aliphatic heterocycles. The van der Waals surface area contributed by atoms with E-state index in [4.69, 9.17) is 0 Å². The fourth-order valence-electron chi connectivity index (χ4n) is 3.02. The lowest BCUT2D eigenvalue weighted by Gasteiger charge is -2.35. The zero-order chi connectivity index (χ0) is 15.9. The number of rotatable bonds is 3. The lowest BCUT2D eigenvalue weighted by molar-refractivity contribution is 0.298. The highest BCUT2D eigenvalue weighted by Gasteiger charge is 2.38. The lowest BCUT2D eigenvalue weighted by atomic mass is 10.0. The molecule has 7 heteroatoms. The van der Waals surface area contributed by atoms with Crippen LogP contribution in [0.3, 0.4) is 0 Å². The van der Waals surface area contributed by atoms with Crippen LogP contribution in [0.4, 0.5) is 0 Å². The summed E-state index contributed by atoms with van der Waals surface area (Å²) in [5.74, 6) is 0. The van der Waals surface area contributed by atoms with E-state index < -0.39 is 10.0 Å².